The van der Waals surface area contributed by atoms with Gasteiger partial charge < -0.3 is 4.74 Å². The summed E-state index contributed by atoms with van der Waals surface area (Å²) in [6.07, 6.45) is 0. The number of nitrogens with zero attached hydrogens (tertiary/aromatic N) is 4. The Kier molecular flexibility index (Phi) is 6.91. The predicted molar refractivity (Wildman–Crippen MR) is 139 cm³/mol. The highest BCUT2D eigenvalue weighted by Gasteiger charge is 2.26. The zero-order chi connectivity index (χ0) is 23.5. The standard InChI is InChI=1S/C23H22N4O3S4/c1-17(21-4-2-14-31-21)25-27-20(22-5-3-15-32-22)16-33-23(27)24-18-6-8-19(9-7-18)34(28,29)26-10-12-30-13-11-26/h2-9,14-16H,10-13H2,1H3. The predicted octanol–water partition coefficient (Wildman–Crippen LogP) is 4.87. The van der Waals surface area contributed by atoms with Crippen molar-refractivity contribution < 1.29 is 13.2 Å². The smallest absolute Gasteiger partial charge is 0.243 e. The van der Waals surface area contributed by atoms with Crippen LogP contribution in [-0.4, -0.2) is 49.4 Å². The molecule has 4 heterocycles. The Morgan fingerprint density at radius 1 is 0.971 bits per heavy atom. The fraction of sp³-hybridized carbons (Fsp3) is 0.217. The van der Waals surface area contributed by atoms with Gasteiger partial charge in [0, 0.05) is 18.5 Å². The largest absolute Gasteiger partial charge is 0.379 e. The quantitative estimate of drug-likeness (QED) is 0.334. The summed E-state index contributed by atoms with van der Waals surface area (Å²) in [5, 5.41) is 11.0. The summed E-state index contributed by atoms with van der Waals surface area (Å²) in [7, 11) is -3.54. The Labute approximate surface area is 210 Å². The highest BCUT2D eigenvalue weighted by Crippen LogP contribution is 2.26. The van der Waals surface area contributed by atoms with Crippen molar-refractivity contribution in [1.29, 1.82) is 0 Å². The summed E-state index contributed by atoms with van der Waals surface area (Å²) in [5.41, 5.74) is 2.54. The van der Waals surface area contributed by atoms with E-state index < -0.39 is 10.0 Å². The molecule has 1 aromatic carbocycles. The maximum Gasteiger partial charge on any atom is 0.243 e. The molecule has 34 heavy (non-hydrogen) atoms. The van der Waals surface area contributed by atoms with Gasteiger partial charge in [0.05, 0.1) is 45.0 Å². The molecule has 0 spiro atoms. The van der Waals surface area contributed by atoms with E-state index >= 15 is 0 Å². The van der Waals surface area contributed by atoms with Gasteiger partial charge in [0.2, 0.25) is 14.8 Å². The van der Waals surface area contributed by atoms with Crippen molar-refractivity contribution in [3.63, 3.8) is 0 Å². The molecule has 5 rings (SSSR count). The lowest BCUT2D eigenvalue weighted by molar-refractivity contribution is 0.0730. The lowest BCUT2D eigenvalue weighted by atomic mass is 10.3. The molecule has 0 N–H and O–H groups in total. The van der Waals surface area contributed by atoms with Gasteiger partial charge in [-0.3, -0.25) is 0 Å². The summed E-state index contributed by atoms with van der Waals surface area (Å²) >= 11 is 4.79. The Bertz CT molecular complexity index is 1440. The van der Waals surface area contributed by atoms with Gasteiger partial charge in [-0.15, -0.1) is 34.0 Å². The van der Waals surface area contributed by atoms with Crippen LogP contribution in [0, 0.1) is 0 Å². The number of aromatic nitrogens is 1. The number of sulfonamides is 1. The van der Waals surface area contributed by atoms with Gasteiger partial charge in [-0.1, -0.05) is 12.1 Å². The minimum Gasteiger partial charge on any atom is -0.379 e. The van der Waals surface area contributed by atoms with E-state index in [2.05, 4.69) is 6.07 Å². The molecule has 0 atom stereocenters. The monoisotopic (exact) mass is 530 g/mol. The number of ether oxygens (including phenoxy) is 1. The number of thiazole rings is 1. The first-order valence-electron chi connectivity index (χ1n) is 10.6. The van der Waals surface area contributed by atoms with Crippen molar-refractivity contribution >= 4 is 55.4 Å². The molecule has 0 saturated carbocycles. The average molecular weight is 531 g/mol. The van der Waals surface area contributed by atoms with Crippen LogP contribution in [-0.2, 0) is 14.8 Å². The van der Waals surface area contributed by atoms with Gasteiger partial charge in [0.15, 0.2) is 0 Å². The summed E-state index contributed by atoms with van der Waals surface area (Å²) in [5.74, 6) is 0. The molecule has 0 bridgehead atoms. The van der Waals surface area contributed by atoms with Crippen LogP contribution in [0.25, 0.3) is 10.6 Å². The van der Waals surface area contributed by atoms with Crippen LogP contribution in [0.4, 0.5) is 5.69 Å². The van der Waals surface area contributed by atoms with E-state index in [4.69, 9.17) is 14.8 Å². The van der Waals surface area contributed by atoms with E-state index in [1.54, 1.807) is 46.9 Å². The SMILES string of the molecule is CC(=Nn1c(-c2cccs2)csc1=Nc1ccc(S(=O)(=O)N2CCOCC2)cc1)c1cccs1. The first-order valence-corrected chi connectivity index (χ1v) is 14.7. The Hall–Kier alpha value is -2.41. The van der Waals surface area contributed by atoms with Crippen LogP contribution in [0.2, 0.25) is 0 Å². The molecule has 0 radical (unpaired) electrons. The molecule has 0 unspecified atom stereocenters. The van der Waals surface area contributed by atoms with Gasteiger partial charge in [-0.2, -0.15) is 9.41 Å². The highest BCUT2D eigenvalue weighted by molar-refractivity contribution is 7.89. The van der Waals surface area contributed by atoms with Crippen molar-refractivity contribution in [3.8, 4) is 10.6 Å². The maximum atomic E-state index is 12.9. The first-order chi connectivity index (χ1) is 16.5. The molecule has 1 aliphatic heterocycles. The van der Waals surface area contributed by atoms with Crippen LogP contribution in [0.5, 0.6) is 0 Å². The molecule has 1 fully saturated rings. The van der Waals surface area contributed by atoms with E-state index in [-0.39, 0.29) is 4.90 Å². The van der Waals surface area contributed by atoms with E-state index in [1.165, 1.54) is 15.6 Å². The zero-order valence-corrected chi connectivity index (χ0v) is 21.6. The van der Waals surface area contributed by atoms with Crippen LogP contribution in [0.15, 0.2) is 79.7 Å². The van der Waals surface area contributed by atoms with E-state index in [9.17, 15) is 8.42 Å². The van der Waals surface area contributed by atoms with Crippen molar-refractivity contribution in [1.82, 2.24) is 8.98 Å². The number of thiophene rings is 2. The molecule has 7 nitrogen and oxygen atoms in total. The Balaban J connectivity index is 1.52. The normalized spacial score (nSPS) is 16.3. The lowest BCUT2D eigenvalue weighted by Crippen LogP contribution is -2.40. The molecular formula is C23H22N4O3S4. The highest BCUT2D eigenvalue weighted by atomic mass is 32.2. The maximum absolute atomic E-state index is 12.9. The van der Waals surface area contributed by atoms with Crippen LogP contribution in [0.3, 0.4) is 0 Å². The van der Waals surface area contributed by atoms with Crippen molar-refractivity contribution in [2.45, 2.75) is 11.8 Å². The summed E-state index contributed by atoms with van der Waals surface area (Å²) in [6, 6.07) is 14.8. The molecule has 4 aromatic rings. The number of hydrogen-bond acceptors (Lipinski definition) is 8. The van der Waals surface area contributed by atoms with Crippen LogP contribution in [0.1, 0.15) is 11.8 Å². The fourth-order valence-electron chi connectivity index (χ4n) is 3.49. The van der Waals surface area contributed by atoms with Crippen molar-refractivity contribution in [2.75, 3.05) is 26.3 Å². The first kappa shape index (κ1) is 23.3. The van der Waals surface area contributed by atoms with Gasteiger partial charge >= 0.3 is 0 Å². The Morgan fingerprint density at radius 3 is 2.38 bits per heavy atom. The second-order valence-electron chi connectivity index (χ2n) is 7.48. The summed E-state index contributed by atoms with van der Waals surface area (Å²) in [4.78, 5) is 7.97. The minimum absolute atomic E-state index is 0.262. The van der Waals surface area contributed by atoms with E-state index in [0.717, 1.165) is 21.2 Å². The Morgan fingerprint density at radius 2 is 1.71 bits per heavy atom. The topological polar surface area (TPSA) is 76.3 Å². The van der Waals surface area contributed by atoms with Crippen molar-refractivity contribution in [3.05, 3.63) is 74.3 Å². The van der Waals surface area contributed by atoms with Gasteiger partial charge in [-0.05, 0) is 54.1 Å². The average Bonchev–Trinajstić information content (AvgIpc) is 3.63. The van der Waals surface area contributed by atoms with E-state index in [0.29, 0.717) is 36.8 Å². The lowest BCUT2D eigenvalue weighted by Gasteiger charge is -2.26. The molecule has 1 saturated heterocycles. The number of hydrogen-bond donors (Lipinski definition) is 0. The molecule has 1 aliphatic rings. The zero-order valence-electron chi connectivity index (χ0n) is 18.3. The molecule has 176 valence electrons. The van der Waals surface area contributed by atoms with Gasteiger partial charge in [0.25, 0.3) is 0 Å². The fourth-order valence-corrected chi connectivity index (χ4v) is 7.21. The second kappa shape index (κ2) is 10.1. The van der Waals surface area contributed by atoms with Gasteiger partial charge in [-0.25, -0.2) is 18.1 Å². The third-order valence-corrected chi connectivity index (χ3v) is 9.86. The van der Waals surface area contributed by atoms with Crippen LogP contribution < -0.4 is 4.80 Å². The summed E-state index contributed by atoms with van der Waals surface area (Å²) in [6.45, 7) is 3.57. The summed E-state index contributed by atoms with van der Waals surface area (Å²) < 4.78 is 34.4. The molecular weight excluding hydrogens is 509 g/mol. The third kappa shape index (κ3) is 4.85. The third-order valence-electron chi connectivity index (χ3n) is 5.26. The molecule has 3 aromatic heterocycles. The number of rotatable bonds is 6. The van der Waals surface area contributed by atoms with Crippen molar-refractivity contribution in [2.24, 2.45) is 10.1 Å². The van der Waals surface area contributed by atoms with E-state index in [1.807, 2.05) is 45.9 Å². The van der Waals surface area contributed by atoms with Crippen LogP contribution >= 0.6 is 34.0 Å². The minimum atomic E-state index is -3.54. The number of benzene rings is 1. The van der Waals surface area contributed by atoms with Gasteiger partial charge in [0.1, 0.15) is 0 Å². The number of morpholine rings is 1. The second-order valence-corrected chi connectivity index (χ2v) is 12.1. The molecule has 11 heteroatoms. The molecule has 0 aliphatic carbocycles. The molecule has 0 amide bonds.